The fourth-order valence-electron chi connectivity index (χ4n) is 2.42. The highest BCUT2D eigenvalue weighted by atomic mass is 16.6. The van der Waals surface area contributed by atoms with E-state index in [9.17, 15) is 9.59 Å². The van der Waals surface area contributed by atoms with Crippen molar-refractivity contribution < 1.29 is 14.3 Å². The first-order chi connectivity index (χ1) is 9.85. The summed E-state index contributed by atoms with van der Waals surface area (Å²) in [7, 11) is 0. The molecule has 0 N–H and O–H groups in total. The molecule has 0 bridgehead atoms. The smallest absolute Gasteiger partial charge is 0.411 e. The third-order valence-electron chi connectivity index (χ3n) is 3.29. The molecule has 0 saturated carbocycles. The van der Waals surface area contributed by atoms with Crippen molar-refractivity contribution in [1.29, 1.82) is 5.26 Å². The Morgan fingerprint density at radius 2 is 2.24 bits per heavy atom. The van der Waals surface area contributed by atoms with Crippen molar-refractivity contribution in [2.75, 3.05) is 0 Å². The van der Waals surface area contributed by atoms with E-state index >= 15 is 0 Å². The van der Waals surface area contributed by atoms with Gasteiger partial charge < -0.3 is 4.74 Å². The SMILES string of the molecule is CC(C)(C)OC(=O)N1Cc2ccc(C=O)cc2C1CC#N. The van der Waals surface area contributed by atoms with E-state index in [4.69, 9.17) is 10.00 Å². The van der Waals surface area contributed by atoms with Crippen LogP contribution < -0.4 is 0 Å². The summed E-state index contributed by atoms with van der Waals surface area (Å²) in [6.07, 6.45) is 0.501. The average Bonchev–Trinajstić information content (AvgIpc) is 2.75. The topological polar surface area (TPSA) is 70.4 Å². The van der Waals surface area contributed by atoms with E-state index in [0.717, 1.165) is 17.4 Å². The molecule has 21 heavy (non-hydrogen) atoms. The van der Waals surface area contributed by atoms with E-state index in [-0.39, 0.29) is 12.5 Å². The number of carbonyl (C=O) groups excluding carboxylic acids is 2. The van der Waals surface area contributed by atoms with Gasteiger partial charge in [-0.15, -0.1) is 0 Å². The van der Waals surface area contributed by atoms with E-state index in [1.165, 1.54) is 0 Å². The summed E-state index contributed by atoms with van der Waals surface area (Å²) in [5.74, 6) is 0. The van der Waals surface area contributed by atoms with Gasteiger partial charge in [0.2, 0.25) is 0 Å². The van der Waals surface area contributed by atoms with Crippen LogP contribution in [0.5, 0.6) is 0 Å². The lowest BCUT2D eigenvalue weighted by atomic mass is 10.0. The summed E-state index contributed by atoms with van der Waals surface area (Å²) in [5, 5.41) is 9.01. The van der Waals surface area contributed by atoms with Crippen molar-refractivity contribution in [3.05, 3.63) is 34.9 Å². The van der Waals surface area contributed by atoms with Gasteiger partial charge in [-0.05, 0) is 38.0 Å². The third-order valence-corrected chi connectivity index (χ3v) is 3.29. The van der Waals surface area contributed by atoms with Gasteiger partial charge in [0.15, 0.2) is 0 Å². The predicted octanol–water partition coefficient (Wildman–Crippen LogP) is 3.20. The van der Waals surface area contributed by atoms with Crippen LogP contribution in [0.1, 0.15) is 54.7 Å². The molecule has 0 radical (unpaired) electrons. The zero-order valence-electron chi connectivity index (χ0n) is 12.4. The number of carbonyl (C=O) groups is 2. The molecular formula is C16H18N2O3. The van der Waals surface area contributed by atoms with Gasteiger partial charge in [-0.1, -0.05) is 12.1 Å². The second-order valence-corrected chi connectivity index (χ2v) is 6.06. The molecule has 1 atom stereocenters. The Bertz CT molecular complexity index is 611. The van der Waals surface area contributed by atoms with E-state index < -0.39 is 11.7 Å². The fourth-order valence-corrected chi connectivity index (χ4v) is 2.42. The Balaban J connectivity index is 2.31. The van der Waals surface area contributed by atoms with E-state index in [1.807, 2.05) is 6.07 Å². The maximum Gasteiger partial charge on any atom is 0.411 e. The Hall–Kier alpha value is -2.35. The van der Waals surface area contributed by atoms with Gasteiger partial charge >= 0.3 is 6.09 Å². The van der Waals surface area contributed by atoms with Crippen molar-refractivity contribution in [1.82, 2.24) is 4.90 Å². The minimum atomic E-state index is -0.586. The number of hydrogen-bond acceptors (Lipinski definition) is 4. The molecule has 0 spiro atoms. The standard InChI is InChI=1S/C16H18N2O3/c1-16(2,3)21-15(20)18-9-12-5-4-11(10-19)8-13(12)14(18)6-7-17/h4-5,8,10,14H,6,9H2,1-3H3. The Kier molecular flexibility index (Phi) is 3.99. The Morgan fingerprint density at radius 1 is 1.52 bits per heavy atom. The molecule has 1 heterocycles. The van der Waals surface area contributed by atoms with Gasteiger partial charge in [-0.25, -0.2) is 4.79 Å². The Morgan fingerprint density at radius 3 is 2.81 bits per heavy atom. The van der Waals surface area contributed by atoms with Crippen LogP contribution in [0, 0.1) is 11.3 Å². The molecule has 0 aromatic heterocycles. The van der Waals surface area contributed by atoms with Crippen LogP contribution >= 0.6 is 0 Å². The third kappa shape index (κ3) is 3.22. The zero-order valence-corrected chi connectivity index (χ0v) is 12.4. The van der Waals surface area contributed by atoms with Crippen LogP contribution in [-0.2, 0) is 11.3 Å². The molecule has 110 valence electrons. The zero-order chi connectivity index (χ0) is 15.6. The summed E-state index contributed by atoms with van der Waals surface area (Å²) in [6.45, 7) is 5.81. The number of nitrogens with zero attached hydrogens (tertiary/aromatic N) is 2. The van der Waals surface area contributed by atoms with Gasteiger partial charge in [-0.3, -0.25) is 9.69 Å². The lowest BCUT2D eigenvalue weighted by Crippen LogP contribution is -2.35. The molecule has 0 saturated heterocycles. The second kappa shape index (κ2) is 5.57. The number of nitriles is 1. The molecule has 0 aliphatic carbocycles. The van der Waals surface area contributed by atoms with Crippen LogP contribution in [0.25, 0.3) is 0 Å². The number of amides is 1. The van der Waals surface area contributed by atoms with Gasteiger partial charge in [0, 0.05) is 5.56 Å². The van der Waals surface area contributed by atoms with E-state index in [2.05, 4.69) is 6.07 Å². The highest BCUT2D eigenvalue weighted by Crippen LogP contribution is 2.37. The molecule has 1 aromatic rings. The van der Waals surface area contributed by atoms with Gasteiger partial charge in [-0.2, -0.15) is 5.26 Å². The molecule has 1 amide bonds. The Labute approximate surface area is 124 Å². The normalized spacial score (nSPS) is 17.0. The summed E-state index contributed by atoms with van der Waals surface area (Å²) in [6, 6.07) is 7.02. The molecule has 1 aromatic carbocycles. The highest BCUT2D eigenvalue weighted by Gasteiger charge is 2.36. The number of rotatable bonds is 2. The van der Waals surface area contributed by atoms with Crippen molar-refractivity contribution in [2.45, 2.75) is 45.4 Å². The van der Waals surface area contributed by atoms with Crippen LogP contribution in [0.4, 0.5) is 4.79 Å². The van der Waals surface area contributed by atoms with Crippen molar-refractivity contribution in [3.8, 4) is 6.07 Å². The predicted molar refractivity (Wildman–Crippen MR) is 76.6 cm³/mol. The van der Waals surface area contributed by atoms with Crippen molar-refractivity contribution in [3.63, 3.8) is 0 Å². The number of hydrogen-bond donors (Lipinski definition) is 0. The highest BCUT2D eigenvalue weighted by molar-refractivity contribution is 5.76. The summed E-state index contributed by atoms with van der Waals surface area (Å²) < 4.78 is 5.39. The maximum absolute atomic E-state index is 12.3. The lowest BCUT2D eigenvalue weighted by Gasteiger charge is -2.27. The first-order valence-electron chi connectivity index (χ1n) is 6.80. The number of fused-ring (bicyclic) bond motifs is 1. The largest absolute Gasteiger partial charge is 0.444 e. The fraction of sp³-hybridized carbons (Fsp3) is 0.438. The van der Waals surface area contributed by atoms with Crippen LogP contribution in [0.3, 0.4) is 0 Å². The maximum atomic E-state index is 12.3. The quantitative estimate of drug-likeness (QED) is 0.783. The van der Waals surface area contributed by atoms with Gasteiger partial charge in [0.05, 0.1) is 25.1 Å². The van der Waals surface area contributed by atoms with Gasteiger partial charge in [0.1, 0.15) is 11.9 Å². The van der Waals surface area contributed by atoms with Crippen LogP contribution in [0.15, 0.2) is 18.2 Å². The summed E-state index contributed by atoms with van der Waals surface area (Å²) >= 11 is 0. The molecule has 2 rings (SSSR count). The first-order valence-corrected chi connectivity index (χ1v) is 6.80. The van der Waals surface area contributed by atoms with Crippen molar-refractivity contribution in [2.24, 2.45) is 0 Å². The second-order valence-electron chi connectivity index (χ2n) is 6.06. The van der Waals surface area contributed by atoms with E-state index in [1.54, 1.807) is 37.8 Å². The molecule has 5 nitrogen and oxygen atoms in total. The number of aldehydes is 1. The van der Waals surface area contributed by atoms with Crippen molar-refractivity contribution >= 4 is 12.4 Å². The minimum absolute atomic E-state index is 0.175. The number of benzene rings is 1. The monoisotopic (exact) mass is 286 g/mol. The first kappa shape index (κ1) is 15.0. The summed E-state index contributed by atoms with van der Waals surface area (Å²) in [5.41, 5.74) is 1.76. The lowest BCUT2D eigenvalue weighted by molar-refractivity contribution is 0.0176. The summed E-state index contributed by atoms with van der Waals surface area (Å²) in [4.78, 5) is 24.7. The molecule has 0 fully saturated rings. The number of ether oxygens (including phenoxy) is 1. The molecule has 1 aliphatic heterocycles. The van der Waals surface area contributed by atoms with Crippen LogP contribution in [0.2, 0.25) is 0 Å². The minimum Gasteiger partial charge on any atom is -0.444 e. The van der Waals surface area contributed by atoms with Crippen LogP contribution in [-0.4, -0.2) is 22.9 Å². The van der Waals surface area contributed by atoms with Gasteiger partial charge in [0.25, 0.3) is 0 Å². The molecule has 1 aliphatic rings. The molecule has 1 unspecified atom stereocenters. The average molecular weight is 286 g/mol. The molecular weight excluding hydrogens is 268 g/mol. The molecule has 5 heteroatoms. The van der Waals surface area contributed by atoms with E-state index in [0.29, 0.717) is 12.1 Å².